The van der Waals surface area contributed by atoms with Crippen LogP contribution >= 0.6 is 0 Å². The van der Waals surface area contributed by atoms with Gasteiger partial charge in [-0.15, -0.1) is 0 Å². The van der Waals surface area contributed by atoms with Crippen molar-refractivity contribution in [2.24, 2.45) is 5.92 Å². The van der Waals surface area contributed by atoms with E-state index in [9.17, 15) is 9.18 Å². The molecule has 0 radical (unpaired) electrons. The lowest BCUT2D eigenvalue weighted by Crippen LogP contribution is -2.54. The van der Waals surface area contributed by atoms with Gasteiger partial charge in [-0.1, -0.05) is 109 Å². The van der Waals surface area contributed by atoms with Gasteiger partial charge in [0.1, 0.15) is 24.2 Å². The van der Waals surface area contributed by atoms with Crippen LogP contribution in [0.25, 0.3) is 0 Å². The van der Waals surface area contributed by atoms with Crippen LogP contribution in [0.3, 0.4) is 0 Å². The number of methoxy groups -OCH3 is 2. The first-order valence-corrected chi connectivity index (χ1v) is 15.3. The van der Waals surface area contributed by atoms with Crippen molar-refractivity contribution in [3.05, 3.63) is 162 Å². The van der Waals surface area contributed by atoms with Gasteiger partial charge in [-0.2, -0.15) is 0 Å². The van der Waals surface area contributed by atoms with Crippen molar-refractivity contribution in [1.29, 1.82) is 0 Å². The molecule has 5 rings (SSSR count). The fourth-order valence-corrected chi connectivity index (χ4v) is 5.96. The molecule has 0 bridgehead atoms. The second-order valence-electron chi connectivity index (χ2n) is 11.4. The zero-order valence-corrected chi connectivity index (χ0v) is 26.4. The molecule has 3 atom stereocenters. The molecule has 0 amide bonds. The fraction of sp³-hybridized carbons (Fsp3) is 0.256. The molecule has 6 nitrogen and oxygen atoms in total. The zero-order chi connectivity index (χ0) is 32.4. The Kier molecular flexibility index (Phi) is 10.7. The largest absolute Gasteiger partial charge is 0.497 e. The van der Waals surface area contributed by atoms with Gasteiger partial charge in [0.2, 0.25) is 6.86 Å². The summed E-state index contributed by atoms with van der Waals surface area (Å²) in [5, 5.41) is 3.80. The van der Waals surface area contributed by atoms with E-state index >= 15 is 0 Å². The Balaban J connectivity index is 1.55. The first kappa shape index (κ1) is 32.7. The number of esters is 1. The number of ether oxygens (including phenoxy) is 4. The summed E-state index contributed by atoms with van der Waals surface area (Å²) in [4.78, 5) is 14.3. The number of benzene rings is 4. The van der Waals surface area contributed by atoms with E-state index in [-0.39, 0.29) is 12.5 Å². The minimum atomic E-state index is -0.916. The smallest absolute Gasteiger partial charge is 0.323 e. The van der Waals surface area contributed by atoms with Gasteiger partial charge in [-0.05, 0) is 59.9 Å². The Labute approximate surface area is 270 Å². The number of nitrogens with one attached hydrogen (secondary N) is 1. The summed E-state index contributed by atoms with van der Waals surface area (Å²) in [5.74, 6) is 0.451. The van der Waals surface area contributed by atoms with Crippen molar-refractivity contribution in [3.8, 4) is 5.75 Å². The maximum Gasteiger partial charge on any atom is 0.323 e. The first-order chi connectivity index (χ1) is 22.4. The molecule has 46 heavy (non-hydrogen) atoms. The van der Waals surface area contributed by atoms with Crippen LogP contribution in [0.4, 0.5) is 4.39 Å². The quantitative estimate of drug-likeness (QED) is 0.119. The van der Waals surface area contributed by atoms with Gasteiger partial charge < -0.3 is 18.9 Å². The number of hydrogen-bond donors (Lipinski definition) is 1. The molecule has 1 aliphatic rings. The highest BCUT2D eigenvalue weighted by Gasteiger charge is 2.41. The number of carbonyl (C=O) groups excluding carboxylic acids is 1. The molecule has 1 N–H and O–H groups in total. The van der Waals surface area contributed by atoms with Crippen LogP contribution in [0, 0.1) is 5.92 Å². The lowest BCUT2D eigenvalue weighted by molar-refractivity contribution is -0.149. The van der Waals surface area contributed by atoms with Gasteiger partial charge in [-0.3, -0.25) is 10.1 Å². The standard InChI is InChI=1S/C39H40FNO5/c1-38(44-3)26-35(43-2)24-21-33(38)27-45-37(42)36(25-29-19-22-34(23-20-29)46-28-40)41-39(30-13-7-4-8-14-30,31-15-9-5-10-16-31)32-17-11-6-12-18-32/h4-24,26,33,36,41H,25,27-28H2,1-3H3. The third-order valence-electron chi connectivity index (χ3n) is 8.62. The second kappa shape index (κ2) is 15.0. The van der Waals surface area contributed by atoms with Gasteiger partial charge in [0, 0.05) is 13.0 Å². The van der Waals surface area contributed by atoms with Crippen molar-refractivity contribution < 1.29 is 28.1 Å². The molecule has 0 fully saturated rings. The summed E-state index contributed by atoms with van der Waals surface area (Å²) in [7, 11) is 3.24. The lowest BCUT2D eigenvalue weighted by Gasteiger charge is -2.40. The van der Waals surface area contributed by atoms with Crippen LogP contribution in [0.5, 0.6) is 5.75 Å². The Morgan fingerprint density at radius 1 is 0.848 bits per heavy atom. The molecule has 1 aliphatic carbocycles. The highest BCUT2D eigenvalue weighted by atomic mass is 19.1. The van der Waals surface area contributed by atoms with Crippen molar-refractivity contribution in [2.75, 3.05) is 27.7 Å². The van der Waals surface area contributed by atoms with Crippen LogP contribution in [-0.4, -0.2) is 45.3 Å². The third kappa shape index (κ3) is 7.22. The summed E-state index contributed by atoms with van der Waals surface area (Å²) >= 11 is 0. The SMILES string of the molecule is COC1=CC(C)(OC)C(COC(=O)C(Cc2ccc(OCF)cc2)NC(c2ccccc2)(c2ccccc2)c2ccccc2)C=C1. The van der Waals surface area contributed by atoms with Crippen molar-refractivity contribution >= 4 is 5.97 Å². The van der Waals surface area contributed by atoms with E-state index in [0.29, 0.717) is 17.9 Å². The lowest BCUT2D eigenvalue weighted by atomic mass is 9.76. The third-order valence-corrected chi connectivity index (χ3v) is 8.62. The van der Waals surface area contributed by atoms with E-state index in [0.717, 1.165) is 22.3 Å². The molecule has 3 unspecified atom stereocenters. The predicted molar refractivity (Wildman–Crippen MR) is 177 cm³/mol. The molecule has 7 heteroatoms. The Hall–Kier alpha value is -4.72. The van der Waals surface area contributed by atoms with E-state index in [1.807, 2.05) is 91.9 Å². The molecule has 0 spiro atoms. The Morgan fingerprint density at radius 2 is 1.39 bits per heavy atom. The van der Waals surface area contributed by atoms with Crippen LogP contribution in [0.15, 0.2) is 139 Å². The summed E-state index contributed by atoms with van der Waals surface area (Å²) in [6.45, 7) is 1.13. The highest BCUT2D eigenvalue weighted by Crippen LogP contribution is 2.38. The molecule has 238 valence electrons. The maximum atomic E-state index is 14.3. The average molecular weight is 622 g/mol. The monoisotopic (exact) mass is 621 g/mol. The molecule has 0 aliphatic heterocycles. The van der Waals surface area contributed by atoms with Gasteiger partial charge in [0.15, 0.2) is 0 Å². The summed E-state index contributed by atoms with van der Waals surface area (Å²) < 4.78 is 35.2. The highest BCUT2D eigenvalue weighted by molar-refractivity contribution is 5.77. The molecule has 0 aromatic heterocycles. The minimum Gasteiger partial charge on any atom is -0.497 e. The van der Waals surface area contributed by atoms with Gasteiger partial charge in [-0.25, -0.2) is 4.39 Å². The number of allylic oxidation sites excluding steroid dienone is 1. The van der Waals surface area contributed by atoms with Crippen LogP contribution in [0.2, 0.25) is 0 Å². The number of alkyl halides is 1. The normalized spacial score (nSPS) is 18.3. The van der Waals surface area contributed by atoms with Gasteiger partial charge >= 0.3 is 5.97 Å². The molecule has 0 saturated heterocycles. The molecular weight excluding hydrogens is 581 g/mol. The first-order valence-electron chi connectivity index (χ1n) is 15.3. The van der Waals surface area contributed by atoms with Gasteiger partial charge in [0.05, 0.1) is 18.2 Å². The molecule has 0 saturated carbocycles. The topological polar surface area (TPSA) is 66.0 Å². The van der Waals surface area contributed by atoms with E-state index < -0.39 is 30.0 Å². The van der Waals surface area contributed by atoms with E-state index in [1.165, 1.54) is 0 Å². The number of hydrogen-bond acceptors (Lipinski definition) is 6. The van der Waals surface area contributed by atoms with Crippen molar-refractivity contribution in [2.45, 2.75) is 30.5 Å². The number of halogens is 1. The summed E-state index contributed by atoms with van der Waals surface area (Å²) in [6.07, 6.45) is 6.01. The minimum absolute atomic E-state index is 0.101. The van der Waals surface area contributed by atoms with Crippen molar-refractivity contribution in [3.63, 3.8) is 0 Å². The van der Waals surface area contributed by atoms with Crippen LogP contribution < -0.4 is 10.1 Å². The molecule has 0 heterocycles. The Bertz CT molecular complexity index is 1510. The van der Waals surface area contributed by atoms with Crippen molar-refractivity contribution in [1.82, 2.24) is 5.32 Å². The Morgan fingerprint density at radius 3 is 1.87 bits per heavy atom. The summed E-state index contributed by atoms with van der Waals surface area (Å²) in [6, 6.07) is 36.6. The maximum absolute atomic E-state index is 14.3. The molecular formula is C39H40FNO5. The predicted octanol–water partition coefficient (Wildman–Crippen LogP) is 7.15. The van der Waals surface area contributed by atoms with Crippen LogP contribution in [-0.2, 0) is 31.0 Å². The molecule has 4 aromatic rings. The van der Waals surface area contributed by atoms with E-state index in [4.69, 9.17) is 18.9 Å². The number of carbonyl (C=O) groups is 1. The number of rotatable bonds is 14. The van der Waals surface area contributed by atoms with Crippen LogP contribution in [0.1, 0.15) is 29.2 Å². The average Bonchev–Trinajstić information content (AvgIpc) is 3.11. The fourth-order valence-electron chi connectivity index (χ4n) is 5.96. The van der Waals surface area contributed by atoms with Gasteiger partial charge in [0.25, 0.3) is 0 Å². The second-order valence-corrected chi connectivity index (χ2v) is 11.4. The van der Waals surface area contributed by atoms with E-state index in [2.05, 4.69) is 41.7 Å². The zero-order valence-electron chi connectivity index (χ0n) is 26.4. The van der Waals surface area contributed by atoms with E-state index in [1.54, 1.807) is 26.4 Å². The summed E-state index contributed by atoms with van der Waals surface area (Å²) in [5.41, 5.74) is 2.13. The molecule has 4 aromatic carbocycles.